The van der Waals surface area contributed by atoms with Crippen LogP contribution in [0.4, 0.5) is 10.5 Å². The van der Waals surface area contributed by atoms with Crippen molar-refractivity contribution in [3.8, 4) is 5.75 Å². The molecule has 0 radical (unpaired) electrons. The Kier molecular flexibility index (Phi) is 7.72. The van der Waals surface area contributed by atoms with Crippen molar-refractivity contribution in [1.82, 2.24) is 4.90 Å². The van der Waals surface area contributed by atoms with Crippen LogP contribution in [0.3, 0.4) is 0 Å². The van der Waals surface area contributed by atoms with E-state index in [1.54, 1.807) is 0 Å². The van der Waals surface area contributed by atoms with Crippen molar-refractivity contribution < 1.29 is 14.6 Å². The van der Waals surface area contributed by atoms with Gasteiger partial charge in [0, 0.05) is 31.9 Å². The lowest BCUT2D eigenvalue weighted by Gasteiger charge is -2.34. The van der Waals surface area contributed by atoms with Gasteiger partial charge in [0.25, 0.3) is 0 Å². The first-order chi connectivity index (χ1) is 11.7. The first-order valence-electron chi connectivity index (χ1n) is 9.16. The van der Waals surface area contributed by atoms with Crippen LogP contribution in [0.1, 0.15) is 45.4 Å². The number of unbranched alkanes of at least 4 members (excludes halogenated alkanes) is 5. The summed E-state index contributed by atoms with van der Waals surface area (Å²) < 4.78 is 5.80. The van der Waals surface area contributed by atoms with E-state index in [4.69, 9.17) is 9.84 Å². The van der Waals surface area contributed by atoms with Gasteiger partial charge in [-0.2, -0.15) is 0 Å². The molecule has 0 aliphatic carbocycles. The van der Waals surface area contributed by atoms with Gasteiger partial charge in [0.1, 0.15) is 5.75 Å². The van der Waals surface area contributed by atoms with Crippen LogP contribution in [0.15, 0.2) is 24.3 Å². The Labute approximate surface area is 145 Å². The molecular formula is C19H30N2O3. The first-order valence-corrected chi connectivity index (χ1v) is 9.16. The Balaban J connectivity index is 1.67. The normalized spacial score (nSPS) is 14.7. The van der Waals surface area contributed by atoms with E-state index in [1.807, 2.05) is 12.1 Å². The third-order valence-corrected chi connectivity index (χ3v) is 4.52. The van der Waals surface area contributed by atoms with Gasteiger partial charge in [0.05, 0.1) is 6.61 Å². The lowest BCUT2D eigenvalue weighted by molar-refractivity contribution is 0.142. The third-order valence-electron chi connectivity index (χ3n) is 4.52. The van der Waals surface area contributed by atoms with Crippen molar-refractivity contribution in [2.45, 2.75) is 45.4 Å². The highest BCUT2D eigenvalue weighted by Gasteiger charge is 2.20. The fraction of sp³-hybridized carbons (Fsp3) is 0.632. The number of benzene rings is 1. The number of carbonyl (C=O) groups is 1. The average Bonchev–Trinajstić information content (AvgIpc) is 2.61. The number of amides is 1. The number of rotatable bonds is 9. The number of hydrogen-bond acceptors (Lipinski definition) is 3. The molecule has 134 valence electrons. The summed E-state index contributed by atoms with van der Waals surface area (Å²) in [5.74, 6) is 0.913. The van der Waals surface area contributed by atoms with Crippen LogP contribution >= 0.6 is 0 Å². The Bertz CT molecular complexity index is 482. The lowest BCUT2D eigenvalue weighted by Crippen LogP contribution is -2.48. The van der Waals surface area contributed by atoms with Gasteiger partial charge >= 0.3 is 6.09 Å². The lowest BCUT2D eigenvalue weighted by atomic mass is 10.1. The van der Waals surface area contributed by atoms with E-state index in [0.717, 1.165) is 37.6 Å². The molecule has 1 heterocycles. The molecule has 1 aliphatic heterocycles. The second kappa shape index (κ2) is 10.1. The smallest absolute Gasteiger partial charge is 0.407 e. The zero-order chi connectivity index (χ0) is 17.2. The molecule has 1 aromatic rings. The van der Waals surface area contributed by atoms with E-state index in [-0.39, 0.29) is 0 Å². The highest BCUT2D eigenvalue weighted by Crippen LogP contribution is 2.21. The number of carboxylic acid groups (broad SMARTS) is 1. The molecule has 24 heavy (non-hydrogen) atoms. The zero-order valence-corrected chi connectivity index (χ0v) is 14.7. The van der Waals surface area contributed by atoms with Gasteiger partial charge in [0.2, 0.25) is 0 Å². The largest absolute Gasteiger partial charge is 0.494 e. The molecule has 0 unspecified atom stereocenters. The van der Waals surface area contributed by atoms with Crippen LogP contribution in [-0.2, 0) is 0 Å². The van der Waals surface area contributed by atoms with Gasteiger partial charge in [-0.25, -0.2) is 4.79 Å². The molecule has 5 nitrogen and oxygen atoms in total. The van der Waals surface area contributed by atoms with E-state index < -0.39 is 6.09 Å². The van der Waals surface area contributed by atoms with Gasteiger partial charge in [0.15, 0.2) is 0 Å². The Hall–Kier alpha value is -1.91. The van der Waals surface area contributed by atoms with Crippen molar-refractivity contribution in [3.63, 3.8) is 0 Å². The summed E-state index contributed by atoms with van der Waals surface area (Å²) in [7, 11) is 0. The van der Waals surface area contributed by atoms with Gasteiger partial charge in [-0.3, -0.25) is 0 Å². The van der Waals surface area contributed by atoms with Crippen LogP contribution in [0.5, 0.6) is 5.75 Å². The zero-order valence-electron chi connectivity index (χ0n) is 14.7. The SMILES string of the molecule is CCCCCCCCOc1ccc(N2CCN(C(=O)O)CC2)cc1. The number of hydrogen-bond donors (Lipinski definition) is 1. The van der Waals surface area contributed by atoms with E-state index in [1.165, 1.54) is 37.0 Å². The molecular weight excluding hydrogens is 304 g/mol. The van der Waals surface area contributed by atoms with Crippen molar-refractivity contribution in [1.29, 1.82) is 0 Å². The van der Waals surface area contributed by atoms with E-state index in [2.05, 4.69) is 24.0 Å². The van der Waals surface area contributed by atoms with Crippen LogP contribution in [0.2, 0.25) is 0 Å². The van der Waals surface area contributed by atoms with Crippen LogP contribution in [0, 0.1) is 0 Å². The number of ether oxygens (including phenoxy) is 1. The summed E-state index contributed by atoms with van der Waals surface area (Å²) in [6.45, 7) is 5.62. The summed E-state index contributed by atoms with van der Waals surface area (Å²) in [5.41, 5.74) is 1.13. The molecule has 0 bridgehead atoms. The minimum atomic E-state index is -0.826. The standard InChI is InChI=1S/C19H30N2O3/c1-2-3-4-5-6-7-16-24-18-10-8-17(9-11-18)20-12-14-21(15-13-20)19(22)23/h8-11H,2-7,12-16H2,1H3,(H,22,23). The summed E-state index contributed by atoms with van der Waals surface area (Å²) >= 11 is 0. The van der Waals surface area contributed by atoms with Gasteiger partial charge in [-0.15, -0.1) is 0 Å². The molecule has 0 atom stereocenters. The van der Waals surface area contributed by atoms with Gasteiger partial charge in [-0.1, -0.05) is 39.0 Å². The molecule has 1 saturated heterocycles. The summed E-state index contributed by atoms with van der Waals surface area (Å²) in [6.07, 6.45) is 6.79. The molecule has 1 aromatic carbocycles. The second-order valence-electron chi connectivity index (χ2n) is 6.37. The first kappa shape index (κ1) is 18.4. The van der Waals surface area contributed by atoms with Crippen molar-refractivity contribution in [3.05, 3.63) is 24.3 Å². The van der Waals surface area contributed by atoms with Crippen LogP contribution < -0.4 is 9.64 Å². The van der Waals surface area contributed by atoms with Crippen LogP contribution in [0.25, 0.3) is 0 Å². The topological polar surface area (TPSA) is 53.0 Å². The highest BCUT2D eigenvalue weighted by molar-refractivity contribution is 5.65. The van der Waals surface area contributed by atoms with E-state index >= 15 is 0 Å². The molecule has 2 rings (SSSR count). The van der Waals surface area contributed by atoms with E-state index in [9.17, 15) is 4.79 Å². The summed E-state index contributed by atoms with van der Waals surface area (Å²) in [6, 6.07) is 8.14. The van der Waals surface area contributed by atoms with Crippen molar-refractivity contribution >= 4 is 11.8 Å². The Morgan fingerprint density at radius 2 is 1.62 bits per heavy atom. The van der Waals surface area contributed by atoms with Gasteiger partial charge < -0.3 is 19.6 Å². The minimum absolute atomic E-state index is 0.561. The molecule has 0 spiro atoms. The number of piperazine rings is 1. The molecule has 0 saturated carbocycles. The van der Waals surface area contributed by atoms with Crippen molar-refractivity contribution in [2.24, 2.45) is 0 Å². The maximum absolute atomic E-state index is 10.9. The monoisotopic (exact) mass is 334 g/mol. The van der Waals surface area contributed by atoms with Crippen LogP contribution in [-0.4, -0.2) is 48.9 Å². The molecule has 1 N–H and O–H groups in total. The quantitative estimate of drug-likeness (QED) is 0.687. The second-order valence-corrected chi connectivity index (χ2v) is 6.37. The number of nitrogens with zero attached hydrogens (tertiary/aromatic N) is 2. The highest BCUT2D eigenvalue weighted by atomic mass is 16.5. The predicted octanol–water partition coefficient (Wildman–Crippen LogP) is 4.23. The molecule has 5 heteroatoms. The molecule has 1 fully saturated rings. The summed E-state index contributed by atoms with van der Waals surface area (Å²) in [4.78, 5) is 14.6. The Morgan fingerprint density at radius 3 is 2.25 bits per heavy atom. The Morgan fingerprint density at radius 1 is 1.00 bits per heavy atom. The molecule has 1 amide bonds. The fourth-order valence-corrected chi connectivity index (χ4v) is 2.98. The molecule has 0 aromatic heterocycles. The average molecular weight is 334 g/mol. The fourth-order valence-electron chi connectivity index (χ4n) is 2.98. The minimum Gasteiger partial charge on any atom is -0.494 e. The number of anilines is 1. The van der Waals surface area contributed by atoms with Gasteiger partial charge in [-0.05, 0) is 30.7 Å². The summed E-state index contributed by atoms with van der Waals surface area (Å²) in [5, 5.41) is 8.99. The third kappa shape index (κ3) is 5.95. The molecule has 1 aliphatic rings. The van der Waals surface area contributed by atoms with E-state index in [0.29, 0.717) is 13.1 Å². The van der Waals surface area contributed by atoms with Crippen molar-refractivity contribution in [2.75, 3.05) is 37.7 Å². The predicted molar refractivity (Wildman–Crippen MR) is 97.1 cm³/mol. The maximum atomic E-state index is 10.9. The maximum Gasteiger partial charge on any atom is 0.407 e.